The maximum atomic E-state index is 9.92. The SMILES string of the molecule is N#CC1(NCc2ccccc2)CCN([C@H]2CCCC[C@H]2c2ccccc2)CC1. The average Bonchev–Trinajstić information content (AvgIpc) is 2.79. The van der Waals surface area contributed by atoms with Crippen molar-refractivity contribution in [2.45, 2.75) is 62.6 Å². The van der Waals surface area contributed by atoms with E-state index < -0.39 is 0 Å². The number of nitriles is 1. The molecule has 0 radical (unpaired) electrons. The van der Waals surface area contributed by atoms with Gasteiger partial charge in [0, 0.05) is 25.7 Å². The van der Waals surface area contributed by atoms with Gasteiger partial charge in [-0.3, -0.25) is 10.2 Å². The number of benzene rings is 2. The minimum absolute atomic E-state index is 0.386. The van der Waals surface area contributed by atoms with Gasteiger partial charge in [-0.25, -0.2) is 0 Å². The largest absolute Gasteiger partial charge is 0.300 e. The number of hydrogen-bond acceptors (Lipinski definition) is 3. The number of nitrogens with one attached hydrogen (secondary N) is 1. The zero-order chi connectivity index (χ0) is 19.2. The van der Waals surface area contributed by atoms with Crippen LogP contribution in [0.1, 0.15) is 55.6 Å². The molecule has 3 heteroatoms. The zero-order valence-electron chi connectivity index (χ0n) is 16.7. The van der Waals surface area contributed by atoms with E-state index in [1.807, 2.05) is 6.07 Å². The minimum atomic E-state index is -0.386. The summed E-state index contributed by atoms with van der Waals surface area (Å²) in [6.07, 6.45) is 7.07. The molecule has 0 amide bonds. The quantitative estimate of drug-likeness (QED) is 0.813. The first-order valence-electron chi connectivity index (χ1n) is 10.8. The average molecular weight is 374 g/mol. The van der Waals surface area contributed by atoms with E-state index in [-0.39, 0.29) is 5.54 Å². The molecule has 1 saturated heterocycles. The number of nitrogens with zero attached hydrogens (tertiary/aromatic N) is 2. The predicted molar refractivity (Wildman–Crippen MR) is 114 cm³/mol. The fraction of sp³-hybridized carbons (Fsp3) is 0.480. The van der Waals surface area contributed by atoms with Gasteiger partial charge in [-0.2, -0.15) is 5.26 Å². The normalized spacial score (nSPS) is 25.1. The monoisotopic (exact) mass is 373 g/mol. The lowest BCUT2D eigenvalue weighted by Gasteiger charge is -2.45. The summed E-state index contributed by atoms with van der Waals surface area (Å²) in [5, 5.41) is 13.5. The number of likely N-dealkylation sites (tertiary alicyclic amines) is 1. The van der Waals surface area contributed by atoms with Crippen molar-refractivity contribution >= 4 is 0 Å². The second-order valence-corrected chi connectivity index (χ2v) is 8.44. The third kappa shape index (κ3) is 4.29. The molecule has 1 saturated carbocycles. The van der Waals surface area contributed by atoms with E-state index in [0.29, 0.717) is 12.0 Å². The molecule has 3 nitrogen and oxygen atoms in total. The molecule has 2 fully saturated rings. The first-order chi connectivity index (χ1) is 13.8. The highest BCUT2D eigenvalue weighted by molar-refractivity contribution is 5.23. The standard InChI is InChI=1S/C25H31N3/c26-20-25(27-19-21-9-3-1-4-10-21)15-17-28(18-16-25)24-14-8-7-13-23(24)22-11-5-2-6-12-22/h1-6,9-12,23-24,27H,7-8,13-19H2/t23-,24-/m0/s1. The second-order valence-electron chi connectivity index (χ2n) is 8.44. The van der Waals surface area contributed by atoms with Crippen molar-refractivity contribution in [1.29, 1.82) is 5.26 Å². The first kappa shape index (κ1) is 19.2. The van der Waals surface area contributed by atoms with Crippen molar-refractivity contribution in [3.05, 3.63) is 71.8 Å². The van der Waals surface area contributed by atoms with Crippen LogP contribution in [0.4, 0.5) is 0 Å². The topological polar surface area (TPSA) is 39.1 Å². The molecule has 1 heterocycles. The first-order valence-corrected chi connectivity index (χ1v) is 10.8. The van der Waals surface area contributed by atoms with Gasteiger partial charge < -0.3 is 0 Å². The van der Waals surface area contributed by atoms with Crippen LogP contribution in [0.15, 0.2) is 60.7 Å². The van der Waals surface area contributed by atoms with Gasteiger partial charge in [0.05, 0.1) is 6.07 Å². The molecule has 0 unspecified atom stereocenters. The molecule has 1 aliphatic carbocycles. The molecule has 2 aliphatic rings. The van der Waals surface area contributed by atoms with Gasteiger partial charge >= 0.3 is 0 Å². The summed E-state index contributed by atoms with van der Waals surface area (Å²) in [4.78, 5) is 2.68. The number of hydrogen-bond donors (Lipinski definition) is 1. The minimum Gasteiger partial charge on any atom is -0.300 e. The van der Waals surface area contributed by atoms with E-state index in [9.17, 15) is 5.26 Å². The summed E-state index contributed by atoms with van der Waals surface area (Å²) in [6, 6.07) is 24.7. The molecule has 0 aromatic heterocycles. The van der Waals surface area contributed by atoms with Crippen LogP contribution < -0.4 is 5.32 Å². The highest BCUT2D eigenvalue weighted by Crippen LogP contribution is 2.38. The fourth-order valence-corrected chi connectivity index (χ4v) is 5.07. The van der Waals surface area contributed by atoms with Gasteiger partial charge in [-0.05, 0) is 42.7 Å². The molecule has 1 N–H and O–H groups in total. The summed E-state index contributed by atoms with van der Waals surface area (Å²) >= 11 is 0. The van der Waals surface area contributed by atoms with Gasteiger partial charge in [0.2, 0.25) is 0 Å². The van der Waals surface area contributed by atoms with E-state index in [1.54, 1.807) is 0 Å². The smallest absolute Gasteiger partial charge is 0.109 e. The van der Waals surface area contributed by atoms with Crippen LogP contribution in [0.3, 0.4) is 0 Å². The lowest BCUT2D eigenvalue weighted by molar-refractivity contribution is 0.0848. The number of piperidine rings is 1. The summed E-state index contributed by atoms with van der Waals surface area (Å²) in [5.74, 6) is 0.641. The van der Waals surface area contributed by atoms with Crippen molar-refractivity contribution in [2.75, 3.05) is 13.1 Å². The Labute approximate surface area is 169 Å². The molecule has 2 aromatic rings. The van der Waals surface area contributed by atoms with Crippen molar-refractivity contribution in [2.24, 2.45) is 0 Å². The van der Waals surface area contributed by atoms with Crippen LogP contribution in [0.5, 0.6) is 0 Å². The fourth-order valence-electron chi connectivity index (χ4n) is 5.07. The molecule has 1 aliphatic heterocycles. The molecule has 0 bridgehead atoms. The van der Waals surface area contributed by atoms with Crippen LogP contribution in [0.25, 0.3) is 0 Å². The molecular formula is C25H31N3. The van der Waals surface area contributed by atoms with Gasteiger partial charge in [-0.15, -0.1) is 0 Å². The lowest BCUT2D eigenvalue weighted by Crippen LogP contribution is -2.55. The molecule has 2 atom stereocenters. The summed E-state index contributed by atoms with van der Waals surface area (Å²) in [5.41, 5.74) is 2.35. The predicted octanol–water partition coefficient (Wildman–Crippen LogP) is 4.86. The van der Waals surface area contributed by atoms with E-state index in [0.717, 1.165) is 32.5 Å². The van der Waals surface area contributed by atoms with E-state index in [2.05, 4.69) is 70.9 Å². The maximum absolute atomic E-state index is 9.92. The molecule has 4 rings (SSSR count). The van der Waals surface area contributed by atoms with Gasteiger partial charge in [-0.1, -0.05) is 73.5 Å². The highest BCUT2D eigenvalue weighted by Gasteiger charge is 2.39. The Kier molecular flexibility index (Phi) is 6.10. The Balaban J connectivity index is 1.40. The van der Waals surface area contributed by atoms with Crippen molar-refractivity contribution in [1.82, 2.24) is 10.2 Å². The highest BCUT2D eigenvalue weighted by atomic mass is 15.2. The van der Waals surface area contributed by atoms with Crippen molar-refractivity contribution in [3.8, 4) is 6.07 Å². The summed E-state index contributed by atoms with van der Waals surface area (Å²) < 4.78 is 0. The maximum Gasteiger partial charge on any atom is 0.109 e. The third-order valence-corrected chi connectivity index (χ3v) is 6.77. The Bertz CT molecular complexity index is 772. The van der Waals surface area contributed by atoms with Gasteiger partial charge in [0.1, 0.15) is 5.54 Å². The van der Waals surface area contributed by atoms with E-state index >= 15 is 0 Å². The van der Waals surface area contributed by atoms with Crippen molar-refractivity contribution in [3.63, 3.8) is 0 Å². The van der Waals surface area contributed by atoms with Crippen LogP contribution in [0, 0.1) is 11.3 Å². The Morgan fingerprint density at radius 2 is 1.57 bits per heavy atom. The summed E-state index contributed by atoms with van der Waals surface area (Å²) in [7, 11) is 0. The van der Waals surface area contributed by atoms with E-state index in [1.165, 1.54) is 36.8 Å². The van der Waals surface area contributed by atoms with Crippen LogP contribution >= 0.6 is 0 Å². The molecule has 28 heavy (non-hydrogen) atoms. The van der Waals surface area contributed by atoms with Crippen LogP contribution in [-0.2, 0) is 6.54 Å². The molecule has 146 valence electrons. The summed E-state index contributed by atoms with van der Waals surface area (Å²) in [6.45, 7) is 2.80. The number of rotatable bonds is 5. The van der Waals surface area contributed by atoms with Crippen LogP contribution in [0.2, 0.25) is 0 Å². The molecule has 0 spiro atoms. The van der Waals surface area contributed by atoms with Crippen LogP contribution in [-0.4, -0.2) is 29.6 Å². The second kappa shape index (κ2) is 8.90. The Morgan fingerprint density at radius 3 is 2.25 bits per heavy atom. The van der Waals surface area contributed by atoms with Gasteiger partial charge in [0.15, 0.2) is 0 Å². The van der Waals surface area contributed by atoms with Crippen molar-refractivity contribution < 1.29 is 0 Å². The Morgan fingerprint density at radius 1 is 0.929 bits per heavy atom. The third-order valence-electron chi connectivity index (χ3n) is 6.77. The molecule has 2 aromatic carbocycles. The Hall–Kier alpha value is -2.15. The van der Waals surface area contributed by atoms with Gasteiger partial charge in [0.25, 0.3) is 0 Å². The molecular weight excluding hydrogens is 342 g/mol. The van der Waals surface area contributed by atoms with E-state index in [4.69, 9.17) is 0 Å². The lowest BCUT2D eigenvalue weighted by atomic mass is 9.77. The zero-order valence-corrected chi connectivity index (χ0v) is 16.7.